The minimum absolute atomic E-state index is 0.0381. The first-order chi connectivity index (χ1) is 15.5. The zero-order valence-electron chi connectivity index (χ0n) is 18.9. The summed E-state index contributed by atoms with van der Waals surface area (Å²) in [6.45, 7) is 5.94. The van der Waals surface area contributed by atoms with Crippen molar-refractivity contribution in [3.05, 3.63) is 47.8 Å². The van der Waals surface area contributed by atoms with Crippen molar-refractivity contribution in [1.82, 2.24) is 14.9 Å². The topological polar surface area (TPSA) is 88.2 Å². The van der Waals surface area contributed by atoms with Gasteiger partial charge in [0.25, 0.3) is 5.88 Å². The van der Waals surface area contributed by atoms with Gasteiger partial charge in [-0.3, -0.25) is 4.79 Å². The lowest BCUT2D eigenvalue weighted by Crippen LogP contribution is -2.50. The van der Waals surface area contributed by atoms with E-state index in [0.717, 1.165) is 16.5 Å². The van der Waals surface area contributed by atoms with Crippen molar-refractivity contribution in [3.63, 3.8) is 0 Å². The monoisotopic (exact) mass is 438 g/mol. The van der Waals surface area contributed by atoms with Crippen molar-refractivity contribution in [2.24, 2.45) is 4.99 Å². The number of nitrogens with one attached hydrogen (secondary N) is 1. The fraction of sp³-hybridized carbons (Fsp3) is 0.458. The number of rotatable bonds is 8. The van der Waals surface area contributed by atoms with Crippen LogP contribution < -0.4 is 10.1 Å². The van der Waals surface area contributed by atoms with Gasteiger partial charge in [-0.15, -0.1) is 5.10 Å². The van der Waals surface area contributed by atoms with Gasteiger partial charge in [0.1, 0.15) is 13.2 Å². The van der Waals surface area contributed by atoms with Crippen LogP contribution in [0.15, 0.2) is 52.8 Å². The average Bonchev–Trinajstić information content (AvgIpc) is 3.13. The van der Waals surface area contributed by atoms with E-state index in [9.17, 15) is 9.90 Å². The number of carbonyl (C=O) groups is 1. The van der Waals surface area contributed by atoms with E-state index in [-0.39, 0.29) is 12.4 Å². The number of hydrogen-bond acceptors (Lipinski definition) is 6. The molecule has 0 aromatic carbocycles. The van der Waals surface area contributed by atoms with Gasteiger partial charge in [0.2, 0.25) is 0 Å². The van der Waals surface area contributed by atoms with Crippen molar-refractivity contribution in [1.29, 1.82) is 0 Å². The molecule has 0 bridgehead atoms. The summed E-state index contributed by atoms with van der Waals surface area (Å²) in [6, 6.07) is 5.81. The Morgan fingerprint density at radius 3 is 2.84 bits per heavy atom. The zero-order valence-corrected chi connectivity index (χ0v) is 18.9. The van der Waals surface area contributed by atoms with Crippen LogP contribution in [0, 0.1) is 0 Å². The molecule has 32 heavy (non-hydrogen) atoms. The number of aliphatic imine (C=N–C) groups is 1. The van der Waals surface area contributed by atoms with Gasteiger partial charge in [0, 0.05) is 18.8 Å². The Hall–Kier alpha value is -2.97. The third-order valence-corrected chi connectivity index (χ3v) is 6.20. The molecule has 1 saturated heterocycles. The first-order valence-electron chi connectivity index (χ1n) is 11.3. The Balaban J connectivity index is 1.63. The largest absolute Gasteiger partial charge is 0.469 e. The maximum atomic E-state index is 12.2. The first kappa shape index (κ1) is 22.2. The molecular weight excluding hydrogens is 406 g/mol. The molecule has 0 spiro atoms. The van der Waals surface area contributed by atoms with E-state index in [4.69, 9.17) is 9.73 Å². The quantitative estimate of drug-likeness (QED) is 0.488. The number of pyridine rings is 1. The van der Waals surface area contributed by atoms with Gasteiger partial charge in [-0.05, 0) is 50.0 Å². The number of carbonyl (C=O) groups excluding carboxylic acids is 1. The van der Waals surface area contributed by atoms with Crippen molar-refractivity contribution >= 4 is 22.7 Å². The molecule has 0 radical (unpaired) electrons. The third-order valence-electron chi connectivity index (χ3n) is 6.20. The lowest BCUT2D eigenvalue weighted by atomic mass is 10.0. The Labute approximate surface area is 188 Å². The number of aliphatic hydroxyl groups is 1. The lowest BCUT2D eigenvalue weighted by molar-refractivity contribution is -0.914. The van der Waals surface area contributed by atoms with Crippen molar-refractivity contribution < 1.29 is 19.1 Å². The maximum Gasteiger partial charge on any atom is 0.260 e. The van der Waals surface area contributed by atoms with E-state index in [1.165, 1.54) is 38.4 Å². The second-order valence-corrected chi connectivity index (χ2v) is 8.78. The predicted molar refractivity (Wildman–Crippen MR) is 124 cm³/mol. The van der Waals surface area contributed by atoms with Gasteiger partial charge in [-0.1, -0.05) is 6.07 Å². The number of nitrogens with zero attached hydrogens (tertiary/aromatic N) is 4. The van der Waals surface area contributed by atoms with Crippen LogP contribution in [-0.2, 0) is 4.79 Å². The highest BCUT2D eigenvalue weighted by Gasteiger charge is 2.25. The summed E-state index contributed by atoms with van der Waals surface area (Å²) >= 11 is 0. The number of piperidine rings is 1. The van der Waals surface area contributed by atoms with Crippen molar-refractivity contribution in [3.8, 4) is 5.88 Å². The number of likely N-dealkylation sites (tertiary alicyclic amines) is 1. The number of aliphatic hydroxyl groups excluding tert-OH is 1. The van der Waals surface area contributed by atoms with E-state index in [1.807, 2.05) is 24.4 Å². The summed E-state index contributed by atoms with van der Waals surface area (Å²) in [4.78, 5) is 17.0. The summed E-state index contributed by atoms with van der Waals surface area (Å²) in [5.41, 5.74) is 3.28. The van der Waals surface area contributed by atoms with Gasteiger partial charge >= 0.3 is 0 Å². The minimum Gasteiger partial charge on any atom is -0.469 e. The molecule has 2 aromatic rings. The second kappa shape index (κ2) is 9.67. The molecule has 0 saturated carbocycles. The number of hydrogen-bond donors (Lipinski definition) is 2. The van der Waals surface area contributed by atoms with E-state index >= 15 is 0 Å². The SMILES string of the molecule is CC1=C/C(=N\c2c(OCC[N+]3(C)CCCCC3)nn3ccccc23)C(NCCO)=CC1=O. The van der Waals surface area contributed by atoms with Crippen LogP contribution in [0.1, 0.15) is 26.2 Å². The van der Waals surface area contributed by atoms with Crippen LogP contribution in [0.25, 0.3) is 5.52 Å². The summed E-state index contributed by atoms with van der Waals surface area (Å²) in [6.07, 6.45) is 9.01. The number of aromatic nitrogens is 2. The van der Waals surface area contributed by atoms with Crippen LogP contribution in [0.5, 0.6) is 5.88 Å². The van der Waals surface area contributed by atoms with E-state index < -0.39 is 0 Å². The fourth-order valence-corrected chi connectivity index (χ4v) is 4.25. The van der Waals surface area contributed by atoms with Gasteiger partial charge < -0.3 is 19.6 Å². The summed E-state index contributed by atoms with van der Waals surface area (Å²) in [5, 5.41) is 16.9. The van der Waals surface area contributed by atoms with Crippen LogP contribution in [0.3, 0.4) is 0 Å². The van der Waals surface area contributed by atoms with Crippen LogP contribution in [0.2, 0.25) is 0 Å². The molecule has 2 aromatic heterocycles. The molecule has 8 heteroatoms. The average molecular weight is 439 g/mol. The molecule has 170 valence electrons. The van der Waals surface area contributed by atoms with Gasteiger partial charge in [-0.2, -0.15) is 0 Å². The number of quaternary nitrogens is 1. The van der Waals surface area contributed by atoms with Crippen molar-refractivity contribution in [2.75, 3.05) is 46.4 Å². The van der Waals surface area contributed by atoms with Crippen LogP contribution in [0.4, 0.5) is 5.69 Å². The number of allylic oxidation sites excluding steroid dienone is 3. The fourth-order valence-electron chi connectivity index (χ4n) is 4.25. The molecule has 2 aliphatic rings. The maximum absolute atomic E-state index is 12.2. The highest BCUT2D eigenvalue weighted by atomic mass is 16.5. The molecule has 0 atom stereocenters. The summed E-state index contributed by atoms with van der Waals surface area (Å²) < 4.78 is 8.97. The first-order valence-corrected chi connectivity index (χ1v) is 11.3. The van der Waals surface area contributed by atoms with Crippen LogP contribution in [-0.4, -0.2) is 77.1 Å². The molecule has 0 amide bonds. The number of ketones is 1. The van der Waals surface area contributed by atoms with Crippen LogP contribution >= 0.6 is 0 Å². The molecule has 1 aliphatic carbocycles. The molecule has 3 heterocycles. The van der Waals surface area contributed by atoms with Gasteiger partial charge in [0.05, 0.1) is 43.7 Å². The summed E-state index contributed by atoms with van der Waals surface area (Å²) in [5.74, 6) is 0.413. The zero-order chi connectivity index (χ0) is 22.6. The molecule has 2 N–H and O–H groups in total. The number of likely N-dealkylation sites (N-methyl/N-ethyl adjacent to an activating group) is 1. The third kappa shape index (κ3) is 4.92. The molecule has 8 nitrogen and oxygen atoms in total. The Bertz CT molecular complexity index is 1080. The highest BCUT2D eigenvalue weighted by molar-refractivity contribution is 6.22. The summed E-state index contributed by atoms with van der Waals surface area (Å²) in [7, 11) is 2.30. The van der Waals surface area contributed by atoms with E-state index in [1.54, 1.807) is 17.5 Å². The predicted octanol–water partition coefficient (Wildman–Crippen LogP) is 2.41. The molecular formula is C24H32N5O3+. The molecule has 1 aliphatic heterocycles. The normalized spacial score (nSPS) is 19.7. The second-order valence-electron chi connectivity index (χ2n) is 8.78. The van der Waals surface area contributed by atoms with E-state index in [0.29, 0.717) is 41.7 Å². The minimum atomic E-state index is -0.0702. The molecule has 4 rings (SSSR count). The Morgan fingerprint density at radius 1 is 1.25 bits per heavy atom. The van der Waals surface area contributed by atoms with Gasteiger partial charge in [0.15, 0.2) is 11.5 Å². The van der Waals surface area contributed by atoms with Crippen molar-refractivity contribution in [2.45, 2.75) is 26.2 Å². The standard InChI is InChI=1S/C24H31N5O3/c1-18-16-20(19(17-22(18)31)25-9-14-30)26-23-21-8-4-5-10-28(21)27-24(23)32-15-13-29(2)11-6-3-7-12-29/h4-5,8,10,16-17,30H,3,6-7,9,11-15H2,1-2H3/p+1/b26-20+. The van der Waals surface area contributed by atoms with Gasteiger partial charge in [-0.25, -0.2) is 9.51 Å². The number of fused-ring (bicyclic) bond motifs is 1. The smallest absolute Gasteiger partial charge is 0.260 e. The van der Waals surface area contributed by atoms with E-state index in [2.05, 4.69) is 17.5 Å². The Morgan fingerprint density at radius 2 is 2.06 bits per heavy atom. The number of ether oxygens (including phenoxy) is 1. The molecule has 0 unspecified atom stereocenters. The molecule has 1 fully saturated rings. The lowest BCUT2D eigenvalue weighted by Gasteiger charge is -2.37. The Kier molecular flexibility index (Phi) is 6.72. The highest BCUT2D eigenvalue weighted by Crippen LogP contribution is 2.33.